The fourth-order valence-electron chi connectivity index (χ4n) is 4.49. The molecule has 0 fully saturated rings. The number of aromatic nitrogens is 4. The van der Waals surface area contributed by atoms with Crippen LogP contribution < -0.4 is 5.32 Å². The predicted molar refractivity (Wildman–Crippen MR) is 151 cm³/mol. The maximum absolute atomic E-state index is 13.4. The van der Waals surface area contributed by atoms with E-state index in [9.17, 15) is 9.90 Å². The number of nitrogens with zero attached hydrogens (tertiary/aromatic N) is 4. The molecule has 0 atom stereocenters. The fraction of sp³-hybridized carbons (Fsp3) is 0.258. The molecule has 3 aromatic heterocycles. The lowest BCUT2D eigenvalue weighted by Gasteiger charge is -2.25. The number of carbonyl (C=O) groups excluding carboxylic acids is 1. The normalized spacial score (nSPS) is 12.2. The number of anilines is 1. The van der Waals surface area contributed by atoms with Crippen molar-refractivity contribution in [3.05, 3.63) is 102 Å². The Kier molecular flexibility index (Phi) is 6.19. The molecule has 0 aliphatic carbocycles. The highest BCUT2D eigenvalue weighted by Crippen LogP contribution is 2.30. The third-order valence-electron chi connectivity index (χ3n) is 6.78. The predicted octanol–water partition coefficient (Wildman–Crippen LogP) is 6.27. The Hall–Kier alpha value is -4.23. The second-order valence-electron chi connectivity index (χ2n) is 11.3. The van der Waals surface area contributed by atoms with Crippen LogP contribution in [0.3, 0.4) is 0 Å². The summed E-state index contributed by atoms with van der Waals surface area (Å²) >= 11 is 0. The minimum atomic E-state index is -1.07. The van der Waals surface area contributed by atoms with Crippen molar-refractivity contribution >= 4 is 17.2 Å². The molecule has 5 aromatic rings. The Labute approximate surface area is 222 Å². The summed E-state index contributed by atoms with van der Waals surface area (Å²) in [5, 5.41) is 13.7. The second kappa shape index (κ2) is 9.26. The van der Waals surface area contributed by atoms with E-state index in [-0.39, 0.29) is 11.3 Å². The van der Waals surface area contributed by atoms with Crippen LogP contribution in [0.4, 0.5) is 5.69 Å². The summed E-state index contributed by atoms with van der Waals surface area (Å²) in [5.74, 6) is -0.229. The van der Waals surface area contributed by atoms with E-state index >= 15 is 0 Å². The molecule has 3 heterocycles. The molecule has 7 heteroatoms. The van der Waals surface area contributed by atoms with E-state index in [1.54, 1.807) is 26.1 Å². The molecule has 38 heavy (non-hydrogen) atoms. The maximum Gasteiger partial charge on any atom is 0.255 e. The number of hydrogen-bond acceptors (Lipinski definition) is 4. The lowest BCUT2D eigenvalue weighted by Crippen LogP contribution is -2.21. The minimum Gasteiger partial charge on any atom is -0.386 e. The highest BCUT2D eigenvalue weighted by atomic mass is 16.3. The average molecular weight is 508 g/mol. The molecule has 0 saturated carbocycles. The van der Waals surface area contributed by atoms with Gasteiger partial charge in [0.05, 0.1) is 23.2 Å². The molecule has 0 bridgehead atoms. The van der Waals surface area contributed by atoms with Crippen LogP contribution >= 0.6 is 0 Å². The van der Waals surface area contributed by atoms with Gasteiger partial charge in [0.15, 0.2) is 5.65 Å². The number of rotatable bonds is 5. The van der Waals surface area contributed by atoms with E-state index in [1.165, 1.54) is 0 Å². The zero-order valence-corrected chi connectivity index (χ0v) is 22.6. The van der Waals surface area contributed by atoms with Crippen molar-refractivity contribution in [3.8, 4) is 16.9 Å². The number of fused-ring (bicyclic) bond motifs is 1. The Morgan fingerprint density at radius 1 is 0.947 bits per heavy atom. The van der Waals surface area contributed by atoms with Gasteiger partial charge in [-0.3, -0.25) is 14.5 Å². The third kappa shape index (κ3) is 4.85. The van der Waals surface area contributed by atoms with Crippen molar-refractivity contribution in [1.29, 1.82) is 0 Å². The number of pyridine rings is 1. The average Bonchev–Trinajstić information content (AvgIpc) is 3.47. The maximum atomic E-state index is 13.4. The van der Waals surface area contributed by atoms with Crippen LogP contribution in [-0.2, 0) is 11.0 Å². The second-order valence-corrected chi connectivity index (χ2v) is 11.3. The number of aliphatic hydroxyl groups is 1. The van der Waals surface area contributed by atoms with Crippen molar-refractivity contribution in [3.63, 3.8) is 0 Å². The van der Waals surface area contributed by atoms with Gasteiger partial charge < -0.3 is 10.4 Å². The Bertz CT molecular complexity index is 1600. The van der Waals surface area contributed by atoms with Crippen LogP contribution in [0.15, 0.2) is 79.4 Å². The van der Waals surface area contributed by atoms with Crippen molar-refractivity contribution in [2.24, 2.45) is 0 Å². The lowest BCUT2D eigenvalue weighted by molar-refractivity contribution is 0.0783. The molecule has 0 aliphatic rings. The van der Waals surface area contributed by atoms with E-state index in [4.69, 9.17) is 0 Å². The van der Waals surface area contributed by atoms with Crippen molar-refractivity contribution in [2.45, 2.75) is 52.6 Å². The van der Waals surface area contributed by atoms with Gasteiger partial charge in [0.25, 0.3) is 5.91 Å². The molecule has 0 aliphatic heterocycles. The molecule has 0 radical (unpaired) electrons. The molecule has 5 rings (SSSR count). The van der Waals surface area contributed by atoms with Gasteiger partial charge in [0.1, 0.15) is 0 Å². The van der Waals surface area contributed by atoms with Gasteiger partial charge in [-0.25, -0.2) is 9.50 Å². The Morgan fingerprint density at radius 3 is 2.39 bits per heavy atom. The number of hydrogen-bond donors (Lipinski definition) is 2. The van der Waals surface area contributed by atoms with Crippen molar-refractivity contribution < 1.29 is 9.90 Å². The smallest absolute Gasteiger partial charge is 0.255 e. The minimum absolute atomic E-state index is 0.177. The summed E-state index contributed by atoms with van der Waals surface area (Å²) < 4.78 is 4.07. The molecule has 7 nitrogen and oxygen atoms in total. The first kappa shape index (κ1) is 25.4. The van der Waals surface area contributed by atoms with Crippen molar-refractivity contribution in [1.82, 2.24) is 19.2 Å². The Balaban J connectivity index is 1.53. The molecule has 194 valence electrons. The molecule has 1 amide bonds. The van der Waals surface area contributed by atoms with Crippen LogP contribution in [0.2, 0.25) is 0 Å². The van der Waals surface area contributed by atoms with Crippen LogP contribution in [0.5, 0.6) is 0 Å². The summed E-state index contributed by atoms with van der Waals surface area (Å²) in [6.45, 7) is 11.8. The van der Waals surface area contributed by atoms with Gasteiger partial charge in [0, 0.05) is 41.5 Å². The number of carbonyl (C=O) groups is 1. The molecule has 0 spiro atoms. The first-order chi connectivity index (χ1) is 17.9. The molecule has 0 unspecified atom stereocenters. The van der Waals surface area contributed by atoms with E-state index in [2.05, 4.69) is 36.1 Å². The quantitative estimate of drug-likeness (QED) is 0.294. The zero-order valence-electron chi connectivity index (χ0n) is 22.6. The van der Waals surface area contributed by atoms with E-state index in [1.807, 2.05) is 83.2 Å². The van der Waals surface area contributed by atoms with Crippen molar-refractivity contribution in [2.75, 3.05) is 5.32 Å². The number of aryl methyl sites for hydroxylation is 1. The van der Waals surface area contributed by atoms with Gasteiger partial charge in [-0.05, 0) is 79.3 Å². The van der Waals surface area contributed by atoms with E-state index in [0.717, 1.165) is 33.7 Å². The first-order valence-electron chi connectivity index (χ1n) is 12.7. The molecular formula is C31H33N5O2. The third-order valence-corrected chi connectivity index (χ3v) is 6.78. The summed E-state index contributed by atoms with van der Waals surface area (Å²) in [7, 11) is 0. The summed E-state index contributed by atoms with van der Waals surface area (Å²) in [5.41, 5.74) is 6.30. The molecular weight excluding hydrogens is 474 g/mol. The summed E-state index contributed by atoms with van der Waals surface area (Å²) in [6.07, 6.45) is 7.38. The Morgan fingerprint density at radius 2 is 1.71 bits per heavy atom. The lowest BCUT2D eigenvalue weighted by atomic mass is 9.82. The largest absolute Gasteiger partial charge is 0.386 e. The number of imidazole rings is 1. The fourth-order valence-corrected chi connectivity index (χ4v) is 4.49. The van der Waals surface area contributed by atoms with E-state index in [0.29, 0.717) is 16.8 Å². The number of amides is 1. The topological polar surface area (TPSA) is 84.5 Å². The monoisotopic (exact) mass is 507 g/mol. The summed E-state index contributed by atoms with van der Waals surface area (Å²) in [6, 6.07) is 17.4. The van der Waals surface area contributed by atoms with Gasteiger partial charge in [-0.1, -0.05) is 32.9 Å². The van der Waals surface area contributed by atoms with Crippen LogP contribution in [0.1, 0.15) is 61.7 Å². The van der Waals surface area contributed by atoms with Crippen LogP contribution in [0, 0.1) is 6.92 Å². The van der Waals surface area contributed by atoms with Crippen LogP contribution in [0.25, 0.3) is 22.6 Å². The number of nitrogens with one attached hydrogen (secondary N) is 1. The van der Waals surface area contributed by atoms with Gasteiger partial charge in [0.2, 0.25) is 0 Å². The summed E-state index contributed by atoms with van der Waals surface area (Å²) in [4.78, 5) is 22.3. The molecule has 2 N–H and O–H groups in total. The van der Waals surface area contributed by atoms with Crippen LogP contribution in [-0.4, -0.2) is 30.2 Å². The molecule has 0 saturated heterocycles. The highest BCUT2D eigenvalue weighted by molar-refractivity contribution is 6.04. The highest BCUT2D eigenvalue weighted by Gasteiger charge is 2.23. The van der Waals surface area contributed by atoms with Gasteiger partial charge in [-0.2, -0.15) is 0 Å². The standard InChI is InChI=1S/C31H33N5O2/c1-20-9-10-25(34-29(37)22-14-23(30(2,3)4)16-24(15-22)31(5,6)38)17-26(20)35-13-11-28-33-19-27(36(28)35)21-8-7-12-32-18-21/h7-19,38H,1-6H3,(H,34,37). The van der Waals surface area contributed by atoms with Gasteiger partial charge >= 0.3 is 0 Å². The van der Waals surface area contributed by atoms with E-state index < -0.39 is 5.60 Å². The first-order valence-corrected chi connectivity index (χ1v) is 12.7. The van der Waals surface area contributed by atoms with Gasteiger partial charge in [-0.15, -0.1) is 0 Å². The number of benzene rings is 2. The SMILES string of the molecule is Cc1ccc(NC(=O)c2cc(C(C)(C)C)cc(C(C)(C)O)c2)cc1-n1ccc2ncc(-c3cccnc3)n21. The molecule has 2 aromatic carbocycles. The zero-order chi connectivity index (χ0) is 27.2.